The minimum absolute atomic E-state index is 0.0333. The number of nitrogens with zero attached hydrogens (tertiary/aromatic N) is 2. The first-order valence-corrected chi connectivity index (χ1v) is 5.43. The largest absolute Gasteiger partial charge is 0.398 e. The number of imidazole rings is 1. The fourth-order valence-corrected chi connectivity index (χ4v) is 1.63. The molecule has 1 aromatic carbocycles. The zero-order valence-electron chi connectivity index (χ0n) is 9.97. The molecule has 0 bridgehead atoms. The maximum absolute atomic E-state index is 12.0. The number of aromatic nitrogens is 2. The number of rotatable bonds is 3. The van der Waals surface area contributed by atoms with E-state index in [-0.39, 0.29) is 5.78 Å². The van der Waals surface area contributed by atoms with Crippen molar-refractivity contribution in [2.45, 2.75) is 13.3 Å². The number of aryl methyl sites for hydroxylation is 2. The molecule has 2 rings (SSSR count). The Bertz CT molecular complexity index is 558. The fraction of sp³-hybridized carbons (Fsp3) is 0.231. The first-order valence-electron chi connectivity index (χ1n) is 5.43. The zero-order valence-corrected chi connectivity index (χ0v) is 9.97. The highest BCUT2D eigenvalue weighted by molar-refractivity contribution is 5.98. The van der Waals surface area contributed by atoms with Crippen LogP contribution in [-0.2, 0) is 13.5 Å². The van der Waals surface area contributed by atoms with Crippen molar-refractivity contribution in [1.29, 1.82) is 0 Å². The van der Waals surface area contributed by atoms with Gasteiger partial charge in [0.05, 0.1) is 6.42 Å². The molecule has 2 N–H and O–H groups in total. The molecule has 0 aliphatic carbocycles. The van der Waals surface area contributed by atoms with E-state index >= 15 is 0 Å². The van der Waals surface area contributed by atoms with Gasteiger partial charge in [0.1, 0.15) is 5.82 Å². The predicted molar refractivity (Wildman–Crippen MR) is 66.8 cm³/mol. The molecule has 0 fully saturated rings. The van der Waals surface area contributed by atoms with Crippen molar-refractivity contribution in [3.8, 4) is 0 Å². The minimum atomic E-state index is 0.0333. The number of carbonyl (C=O) groups excluding carboxylic acids is 1. The lowest BCUT2D eigenvalue weighted by Gasteiger charge is -2.04. The lowest BCUT2D eigenvalue weighted by molar-refractivity contribution is 0.0990. The number of carbonyl (C=O) groups is 1. The van der Waals surface area contributed by atoms with Gasteiger partial charge in [0, 0.05) is 30.7 Å². The van der Waals surface area contributed by atoms with Gasteiger partial charge in [-0.25, -0.2) is 4.98 Å². The molecule has 0 radical (unpaired) electrons. The van der Waals surface area contributed by atoms with Crippen LogP contribution in [0.15, 0.2) is 30.6 Å². The van der Waals surface area contributed by atoms with Crippen molar-refractivity contribution in [3.63, 3.8) is 0 Å². The van der Waals surface area contributed by atoms with E-state index < -0.39 is 0 Å². The van der Waals surface area contributed by atoms with Crippen molar-refractivity contribution in [2.24, 2.45) is 7.05 Å². The summed E-state index contributed by atoms with van der Waals surface area (Å²) in [7, 11) is 1.87. The van der Waals surface area contributed by atoms with E-state index in [0.29, 0.717) is 17.7 Å². The highest BCUT2D eigenvalue weighted by Crippen LogP contribution is 2.14. The Labute approximate surface area is 100 Å². The second-order valence-corrected chi connectivity index (χ2v) is 4.13. The van der Waals surface area contributed by atoms with E-state index in [9.17, 15) is 4.79 Å². The summed E-state index contributed by atoms with van der Waals surface area (Å²) in [6.45, 7) is 1.92. The number of ketones is 1. The number of benzene rings is 1. The third kappa shape index (κ3) is 2.36. The smallest absolute Gasteiger partial charge is 0.170 e. The number of anilines is 1. The average molecular weight is 229 g/mol. The summed E-state index contributed by atoms with van der Waals surface area (Å²) < 4.78 is 1.84. The number of nitrogens with two attached hydrogens (primary N) is 1. The highest BCUT2D eigenvalue weighted by atomic mass is 16.1. The summed E-state index contributed by atoms with van der Waals surface area (Å²) in [5.74, 6) is 0.792. The highest BCUT2D eigenvalue weighted by Gasteiger charge is 2.10. The van der Waals surface area contributed by atoms with Gasteiger partial charge in [-0.05, 0) is 18.6 Å². The molecule has 4 nitrogen and oxygen atoms in total. The molecular weight excluding hydrogens is 214 g/mol. The fourth-order valence-electron chi connectivity index (χ4n) is 1.63. The van der Waals surface area contributed by atoms with Crippen molar-refractivity contribution < 1.29 is 4.79 Å². The molecule has 0 saturated carbocycles. The van der Waals surface area contributed by atoms with Crippen LogP contribution in [0, 0.1) is 6.92 Å². The number of nitrogen functional groups attached to an aromatic ring is 1. The number of hydrogen-bond acceptors (Lipinski definition) is 3. The molecule has 17 heavy (non-hydrogen) atoms. The van der Waals surface area contributed by atoms with Gasteiger partial charge in [-0.2, -0.15) is 0 Å². The second kappa shape index (κ2) is 4.41. The summed E-state index contributed by atoms with van der Waals surface area (Å²) in [5.41, 5.74) is 8.06. The quantitative estimate of drug-likeness (QED) is 0.644. The van der Waals surface area contributed by atoms with Crippen LogP contribution in [0.3, 0.4) is 0 Å². The Morgan fingerprint density at radius 2 is 2.24 bits per heavy atom. The molecule has 0 unspecified atom stereocenters. The van der Waals surface area contributed by atoms with E-state index in [1.807, 2.05) is 30.8 Å². The molecule has 0 atom stereocenters. The average Bonchev–Trinajstić information content (AvgIpc) is 2.68. The van der Waals surface area contributed by atoms with E-state index in [0.717, 1.165) is 11.4 Å². The molecule has 0 aliphatic heterocycles. The van der Waals surface area contributed by atoms with Crippen LogP contribution >= 0.6 is 0 Å². The molecule has 2 aromatic rings. The van der Waals surface area contributed by atoms with Crippen molar-refractivity contribution in [3.05, 3.63) is 47.5 Å². The van der Waals surface area contributed by atoms with Crippen molar-refractivity contribution in [1.82, 2.24) is 9.55 Å². The van der Waals surface area contributed by atoms with E-state index in [1.165, 1.54) is 0 Å². The summed E-state index contributed by atoms with van der Waals surface area (Å²) >= 11 is 0. The van der Waals surface area contributed by atoms with Crippen molar-refractivity contribution in [2.75, 3.05) is 5.73 Å². The molecular formula is C13H15N3O. The Morgan fingerprint density at radius 3 is 2.82 bits per heavy atom. The SMILES string of the molecule is Cc1ccc(C(=O)Cc2nccn2C)cc1N. The van der Waals surface area contributed by atoms with E-state index in [2.05, 4.69) is 4.98 Å². The first kappa shape index (κ1) is 11.4. The molecule has 0 amide bonds. The molecule has 0 spiro atoms. The van der Waals surface area contributed by atoms with Gasteiger partial charge in [-0.3, -0.25) is 4.79 Å². The Hall–Kier alpha value is -2.10. The van der Waals surface area contributed by atoms with Crippen LogP contribution in [0.25, 0.3) is 0 Å². The molecule has 0 saturated heterocycles. The summed E-state index contributed by atoms with van der Waals surface area (Å²) in [6.07, 6.45) is 3.81. The third-order valence-electron chi connectivity index (χ3n) is 2.84. The van der Waals surface area contributed by atoms with Crippen LogP contribution < -0.4 is 5.73 Å². The van der Waals surface area contributed by atoms with Gasteiger partial charge >= 0.3 is 0 Å². The van der Waals surface area contributed by atoms with Gasteiger partial charge in [0.25, 0.3) is 0 Å². The Morgan fingerprint density at radius 1 is 1.47 bits per heavy atom. The van der Waals surface area contributed by atoms with Crippen LogP contribution in [-0.4, -0.2) is 15.3 Å². The maximum Gasteiger partial charge on any atom is 0.170 e. The van der Waals surface area contributed by atoms with Gasteiger partial charge in [0.2, 0.25) is 0 Å². The third-order valence-corrected chi connectivity index (χ3v) is 2.84. The number of hydrogen-bond donors (Lipinski definition) is 1. The Kier molecular flexibility index (Phi) is 2.95. The second-order valence-electron chi connectivity index (χ2n) is 4.13. The topological polar surface area (TPSA) is 60.9 Å². The standard InChI is InChI=1S/C13H15N3O/c1-9-3-4-10(7-11(9)14)12(17)8-13-15-5-6-16(13)2/h3-7H,8,14H2,1-2H3. The van der Waals surface area contributed by atoms with Gasteiger partial charge in [0.15, 0.2) is 5.78 Å². The van der Waals surface area contributed by atoms with Crippen LogP contribution in [0.5, 0.6) is 0 Å². The number of Topliss-reactive ketones (excluding diaryl/α,β-unsaturated/α-hetero) is 1. The minimum Gasteiger partial charge on any atom is -0.398 e. The molecule has 0 aliphatic rings. The monoisotopic (exact) mass is 229 g/mol. The summed E-state index contributed by atoms with van der Waals surface area (Å²) in [6, 6.07) is 5.39. The zero-order chi connectivity index (χ0) is 12.4. The molecule has 88 valence electrons. The first-order chi connectivity index (χ1) is 8.08. The van der Waals surface area contributed by atoms with Gasteiger partial charge in [-0.1, -0.05) is 12.1 Å². The normalized spacial score (nSPS) is 10.5. The maximum atomic E-state index is 12.0. The van der Waals surface area contributed by atoms with Crippen LogP contribution in [0.4, 0.5) is 5.69 Å². The lowest BCUT2D eigenvalue weighted by atomic mass is 10.0. The van der Waals surface area contributed by atoms with E-state index in [4.69, 9.17) is 5.73 Å². The summed E-state index contributed by atoms with van der Waals surface area (Å²) in [4.78, 5) is 16.2. The predicted octanol–water partition coefficient (Wildman–Crippen LogP) is 1.74. The Balaban J connectivity index is 2.20. The lowest BCUT2D eigenvalue weighted by Crippen LogP contribution is -2.08. The van der Waals surface area contributed by atoms with Crippen molar-refractivity contribution >= 4 is 11.5 Å². The summed E-state index contributed by atoms with van der Waals surface area (Å²) in [5, 5.41) is 0. The molecule has 1 aromatic heterocycles. The molecule has 4 heteroatoms. The van der Waals surface area contributed by atoms with Gasteiger partial charge in [-0.15, -0.1) is 0 Å². The van der Waals surface area contributed by atoms with E-state index in [1.54, 1.807) is 18.3 Å². The van der Waals surface area contributed by atoms with Gasteiger partial charge < -0.3 is 10.3 Å². The van der Waals surface area contributed by atoms with Crippen LogP contribution in [0.2, 0.25) is 0 Å². The van der Waals surface area contributed by atoms with Crippen LogP contribution in [0.1, 0.15) is 21.7 Å². The molecule has 1 heterocycles.